The maximum Gasteiger partial charge on any atom is 0.258 e. The molecular formula is C24H21N5O2S2. The van der Waals surface area contributed by atoms with E-state index in [0.29, 0.717) is 24.1 Å². The highest BCUT2D eigenvalue weighted by Gasteiger charge is 2.17. The van der Waals surface area contributed by atoms with Crippen molar-refractivity contribution in [2.24, 2.45) is 0 Å². The van der Waals surface area contributed by atoms with Gasteiger partial charge in [-0.3, -0.25) is 4.57 Å². The summed E-state index contributed by atoms with van der Waals surface area (Å²) in [6, 6.07) is 18.1. The van der Waals surface area contributed by atoms with Gasteiger partial charge in [-0.2, -0.15) is 16.3 Å². The molecule has 5 aromatic rings. The number of para-hydroxylation sites is 2. The second-order valence-electron chi connectivity index (χ2n) is 7.40. The summed E-state index contributed by atoms with van der Waals surface area (Å²) < 4.78 is 13.6. The molecule has 9 heteroatoms. The largest absolute Gasteiger partial charge is 0.485 e. The van der Waals surface area contributed by atoms with E-state index in [1.165, 1.54) is 11.8 Å². The van der Waals surface area contributed by atoms with Gasteiger partial charge in [0, 0.05) is 11.1 Å². The topological polar surface area (TPSA) is 78.9 Å². The van der Waals surface area contributed by atoms with Gasteiger partial charge >= 0.3 is 0 Å². The van der Waals surface area contributed by atoms with Gasteiger partial charge in [0.15, 0.2) is 16.8 Å². The van der Waals surface area contributed by atoms with Gasteiger partial charge in [-0.1, -0.05) is 53.3 Å². The second-order valence-corrected chi connectivity index (χ2v) is 9.12. The third-order valence-corrected chi connectivity index (χ3v) is 6.64. The number of benzene rings is 2. The highest BCUT2D eigenvalue weighted by Crippen LogP contribution is 2.28. The molecule has 3 heterocycles. The SMILES string of the molecule is Cc1cccc(C)c1OCc1nnc(SCc2noc(-c3ccsc3)n2)n1-c1ccccc1. The minimum atomic E-state index is 0.304. The van der Waals surface area contributed by atoms with Crippen LogP contribution in [0, 0.1) is 13.8 Å². The van der Waals surface area contributed by atoms with Gasteiger partial charge in [-0.15, -0.1) is 10.2 Å². The van der Waals surface area contributed by atoms with Crippen LogP contribution in [-0.2, 0) is 12.4 Å². The van der Waals surface area contributed by atoms with Crippen LogP contribution in [0.15, 0.2) is 75.0 Å². The third-order valence-electron chi connectivity index (χ3n) is 5.04. The minimum absolute atomic E-state index is 0.304. The summed E-state index contributed by atoms with van der Waals surface area (Å²) in [5.41, 5.74) is 4.09. The Morgan fingerprint density at radius 3 is 2.58 bits per heavy atom. The fourth-order valence-electron chi connectivity index (χ4n) is 3.43. The molecule has 0 N–H and O–H groups in total. The lowest BCUT2D eigenvalue weighted by Gasteiger charge is -2.13. The first-order chi connectivity index (χ1) is 16.2. The lowest BCUT2D eigenvalue weighted by Crippen LogP contribution is -2.07. The Balaban J connectivity index is 1.38. The Kier molecular flexibility index (Phi) is 6.23. The molecule has 7 nitrogen and oxygen atoms in total. The van der Waals surface area contributed by atoms with E-state index in [-0.39, 0.29) is 0 Å². The molecule has 0 radical (unpaired) electrons. The van der Waals surface area contributed by atoms with Crippen molar-refractivity contribution in [3.63, 3.8) is 0 Å². The lowest BCUT2D eigenvalue weighted by molar-refractivity contribution is 0.289. The zero-order chi connectivity index (χ0) is 22.6. The average Bonchev–Trinajstić information content (AvgIpc) is 3.58. The van der Waals surface area contributed by atoms with Crippen molar-refractivity contribution >= 4 is 23.1 Å². The van der Waals surface area contributed by atoms with Gasteiger partial charge in [0.05, 0.1) is 11.3 Å². The predicted molar refractivity (Wildman–Crippen MR) is 129 cm³/mol. The van der Waals surface area contributed by atoms with Crippen LogP contribution in [0.2, 0.25) is 0 Å². The monoisotopic (exact) mass is 475 g/mol. The molecule has 0 aliphatic rings. The van der Waals surface area contributed by atoms with Crippen molar-refractivity contribution in [3.05, 3.63) is 88.1 Å². The molecule has 0 saturated heterocycles. The highest BCUT2D eigenvalue weighted by atomic mass is 32.2. The Hall–Kier alpha value is -3.43. The highest BCUT2D eigenvalue weighted by molar-refractivity contribution is 7.98. The Morgan fingerprint density at radius 1 is 1.00 bits per heavy atom. The van der Waals surface area contributed by atoms with E-state index in [1.807, 2.05) is 83.8 Å². The fraction of sp³-hybridized carbons (Fsp3) is 0.167. The Labute approximate surface area is 199 Å². The van der Waals surface area contributed by atoms with E-state index in [9.17, 15) is 0 Å². The van der Waals surface area contributed by atoms with Gasteiger partial charge in [0.25, 0.3) is 5.89 Å². The predicted octanol–water partition coefficient (Wildman–Crippen LogP) is 5.87. The van der Waals surface area contributed by atoms with Crippen molar-refractivity contribution in [3.8, 4) is 22.9 Å². The van der Waals surface area contributed by atoms with Crippen LogP contribution in [0.5, 0.6) is 5.75 Å². The number of hydrogen-bond donors (Lipinski definition) is 0. The summed E-state index contributed by atoms with van der Waals surface area (Å²) >= 11 is 3.10. The van der Waals surface area contributed by atoms with Crippen LogP contribution in [0.25, 0.3) is 17.1 Å². The summed E-state index contributed by atoms with van der Waals surface area (Å²) in [7, 11) is 0. The standard InChI is InChI=1S/C24H21N5O2S2/c1-16-7-6-8-17(2)22(16)30-13-21-26-27-24(29(21)19-9-4-3-5-10-19)33-15-20-25-23(31-28-20)18-11-12-32-14-18/h3-12,14H,13,15H2,1-2H3. The van der Waals surface area contributed by atoms with E-state index in [2.05, 4.69) is 20.3 Å². The fourth-order valence-corrected chi connectivity index (χ4v) is 4.88. The number of aromatic nitrogens is 5. The van der Waals surface area contributed by atoms with E-state index in [0.717, 1.165) is 39.1 Å². The van der Waals surface area contributed by atoms with Gasteiger partial charge in [0.1, 0.15) is 12.4 Å². The molecule has 0 spiro atoms. The van der Waals surface area contributed by atoms with Crippen molar-refractivity contribution in [1.82, 2.24) is 24.9 Å². The van der Waals surface area contributed by atoms with E-state index in [1.54, 1.807) is 11.3 Å². The van der Waals surface area contributed by atoms with E-state index in [4.69, 9.17) is 9.26 Å². The molecule has 166 valence electrons. The number of hydrogen-bond acceptors (Lipinski definition) is 8. The number of aryl methyl sites for hydroxylation is 2. The average molecular weight is 476 g/mol. The van der Waals surface area contributed by atoms with Gasteiger partial charge < -0.3 is 9.26 Å². The molecule has 2 aromatic carbocycles. The van der Waals surface area contributed by atoms with E-state index >= 15 is 0 Å². The second kappa shape index (κ2) is 9.60. The normalized spacial score (nSPS) is 11.1. The number of rotatable bonds is 8. The summed E-state index contributed by atoms with van der Waals surface area (Å²) in [6.45, 7) is 4.39. The van der Waals surface area contributed by atoms with E-state index < -0.39 is 0 Å². The smallest absolute Gasteiger partial charge is 0.258 e. The maximum atomic E-state index is 6.17. The number of nitrogens with zero attached hydrogens (tertiary/aromatic N) is 5. The summed E-state index contributed by atoms with van der Waals surface area (Å²) in [4.78, 5) is 4.50. The van der Waals surface area contributed by atoms with Crippen LogP contribution in [0.1, 0.15) is 22.8 Å². The number of thiophene rings is 1. The van der Waals surface area contributed by atoms with Gasteiger partial charge in [-0.05, 0) is 48.6 Å². The molecule has 0 aliphatic heterocycles. The number of ether oxygens (including phenoxy) is 1. The Bertz CT molecular complexity index is 1330. The lowest BCUT2D eigenvalue weighted by atomic mass is 10.1. The van der Waals surface area contributed by atoms with Crippen molar-refractivity contribution in [2.75, 3.05) is 0 Å². The van der Waals surface area contributed by atoms with Gasteiger partial charge in [-0.25, -0.2) is 0 Å². The number of thioether (sulfide) groups is 1. The van der Waals surface area contributed by atoms with Crippen LogP contribution in [-0.4, -0.2) is 24.9 Å². The molecule has 0 unspecified atom stereocenters. The molecule has 0 bridgehead atoms. The van der Waals surface area contributed by atoms with Crippen LogP contribution in [0.3, 0.4) is 0 Å². The zero-order valence-corrected chi connectivity index (χ0v) is 19.8. The van der Waals surface area contributed by atoms with Crippen LogP contribution in [0.4, 0.5) is 0 Å². The van der Waals surface area contributed by atoms with Gasteiger partial charge in [0.2, 0.25) is 0 Å². The Morgan fingerprint density at radius 2 is 1.82 bits per heavy atom. The molecule has 0 aliphatic carbocycles. The first-order valence-corrected chi connectivity index (χ1v) is 12.3. The third kappa shape index (κ3) is 4.69. The summed E-state index contributed by atoms with van der Waals surface area (Å²) in [5.74, 6) is 3.24. The molecular weight excluding hydrogens is 454 g/mol. The molecule has 0 fully saturated rings. The van der Waals surface area contributed by atoms with Crippen molar-refractivity contribution in [1.29, 1.82) is 0 Å². The first-order valence-electron chi connectivity index (χ1n) is 10.4. The summed E-state index contributed by atoms with van der Waals surface area (Å²) in [5, 5.41) is 17.7. The quantitative estimate of drug-likeness (QED) is 0.260. The molecule has 0 atom stereocenters. The molecule has 0 amide bonds. The van der Waals surface area contributed by atoms with Crippen molar-refractivity contribution in [2.45, 2.75) is 31.4 Å². The van der Waals surface area contributed by atoms with Crippen LogP contribution < -0.4 is 4.74 Å². The first kappa shape index (κ1) is 21.4. The molecule has 5 rings (SSSR count). The zero-order valence-electron chi connectivity index (χ0n) is 18.1. The van der Waals surface area contributed by atoms with Crippen molar-refractivity contribution < 1.29 is 9.26 Å². The summed E-state index contributed by atoms with van der Waals surface area (Å²) in [6.07, 6.45) is 0. The molecule has 0 saturated carbocycles. The maximum absolute atomic E-state index is 6.17. The van der Waals surface area contributed by atoms with Crippen LogP contribution >= 0.6 is 23.1 Å². The molecule has 3 aromatic heterocycles. The minimum Gasteiger partial charge on any atom is -0.485 e. The molecule has 33 heavy (non-hydrogen) atoms.